The van der Waals surface area contributed by atoms with Gasteiger partial charge in [-0.2, -0.15) is 5.10 Å². The van der Waals surface area contributed by atoms with Crippen molar-refractivity contribution >= 4 is 22.7 Å². The molecule has 4 N–H and O–H groups in total. The van der Waals surface area contributed by atoms with Crippen molar-refractivity contribution in [2.24, 2.45) is 0 Å². The first-order valence-electron chi connectivity index (χ1n) is 7.81. The van der Waals surface area contributed by atoms with Crippen LogP contribution in [0.3, 0.4) is 0 Å². The highest BCUT2D eigenvalue weighted by molar-refractivity contribution is 5.95. The van der Waals surface area contributed by atoms with Gasteiger partial charge in [0.1, 0.15) is 16.7 Å². The summed E-state index contributed by atoms with van der Waals surface area (Å²) in [6, 6.07) is 9.03. The number of nitrogens with two attached hydrogens (primary N) is 1. The summed E-state index contributed by atoms with van der Waals surface area (Å²) in [5.74, 6) is -1.65. The first kappa shape index (κ1) is 16.6. The number of para-hydroxylation sites is 1. The Balaban J connectivity index is 2.29. The van der Waals surface area contributed by atoms with Gasteiger partial charge in [0.15, 0.2) is 5.88 Å². The number of H-pyrrole nitrogens is 1. The normalized spacial score (nSPS) is 12.2. The molecule has 0 aliphatic carbocycles. The van der Waals surface area contributed by atoms with Crippen molar-refractivity contribution in [2.45, 2.75) is 19.8 Å². The third-order valence-corrected chi connectivity index (χ3v) is 3.96. The molecule has 8 nitrogen and oxygen atoms in total. The number of hydrogen-bond donors (Lipinski definition) is 3. The highest BCUT2D eigenvalue weighted by Gasteiger charge is 2.27. The number of carbonyl (C=O) groups excluding carboxylic acids is 1. The summed E-state index contributed by atoms with van der Waals surface area (Å²) in [4.78, 5) is 26.7. The third kappa shape index (κ3) is 2.71. The molecule has 1 unspecified atom stereocenters. The lowest BCUT2D eigenvalue weighted by Gasteiger charge is -2.12. The molecule has 0 fully saturated rings. The minimum absolute atomic E-state index is 0.118. The zero-order valence-electron chi connectivity index (χ0n) is 13.8. The lowest BCUT2D eigenvalue weighted by atomic mass is 10.0. The Morgan fingerprint density at radius 3 is 2.72 bits per heavy atom. The van der Waals surface area contributed by atoms with E-state index in [-0.39, 0.29) is 28.9 Å². The Hall–Kier alpha value is -3.29. The molecule has 0 radical (unpaired) electrons. The molecule has 0 aliphatic heterocycles. The van der Waals surface area contributed by atoms with E-state index < -0.39 is 23.3 Å². The summed E-state index contributed by atoms with van der Waals surface area (Å²) < 4.78 is 6.41. The highest BCUT2D eigenvalue weighted by Crippen LogP contribution is 2.33. The summed E-state index contributed by atoms with van der Waals surface area (Å²) in [6.45, 7) is 3.47. The van der Waals surface area contributed by atoms with Gasteiger partial charge < -0.3 is 15.6 Å². The number of esters is 1. The molecule has 0 saturated heterocycles. The van der Waals surface area contributed by atoms with Crippen LogP contribution in [0.25, 0.3) is 16.6 Å². The quantitative estimate of drug-likeness (QED) is 0.620. The second kappa shape index (κ2) is 6.31. The molecule has 25 heavy (non-hydrogen) atoms. The average molecular weight is 342 g/mol. The smallest absolute Gasteiger partial charge is 0.313 e. The molecule has 2 aromatic heterocycles. The lowest BCUT2D eigenvalue weighted by Crippen LogP contribution is -2.16. The van der Waals surface area contributed by atoms with Crippen LogP contribution in [0.5, 0.6) is 5.88 Å². The summed E-state index contributed by atoms with van der Waals surface area (Å²) in [7, 11) is 0. The third-order valence-electron chi connectivity index (χ3n) is 3.96. The van der Waals surface area contributed by atoms with Gasteiger partial charge in [0.2, 0.25) is 0 Å². The number of benzene rings is 1. The molecule has 2 heterocycles. The van der Waals surface area contributed by atoms with Crippen LogP contribution < -0.4 is 11.3 Å². The number of nitrogens with zero attached hydrogens (tertiary/aromatic N) is 2. The molecule has 1 atom stereocenters. The number of ether oxygens (including phenoxy) is 1. The molecular formula is C17H18N4O4. The van der Waals surface area contributed by atoms with Gasteiger partial charge >= 0.3 is 5.97 Å². The number of nitrogens with one attached hydrogen (secondary N) is 1. The molecule has 3 aromatic rings. The van der Waals surface area contributed by atoms with E-state index in [1.807, 2.05) is 18.2 Å². The molecule has 3 rings (SSSR count). The fourth-order valence-electron chi connectivity index (χ4n) is 2.75. The largest absolute Gasteiger partial charge is 0.494 e. The molecule has 0 aliphatic rings. The summed E-state index contributed by atoms with van der Waals surface area (Å²) in [6.07, 6.45) is 0. The van der Waals surface area contributed by atoms with Gasteiger partial charge in [-0.1, -0.05) is 18.2 Å². The molecule has 1 aromatic carbocycles. The first-order chi connectivity index (χ1) is 12.0. The molecule has 0 bridgehead atoms. The number of aromatic nitrogens is 3. The Morgan fingerprint density at radius 2 is 2.08 bits per heavy atom. The second-order valence-electron chi connectivity index (χ2n) is 5.55. The number of nitrogen functional groups attached to an aromatic ring is 1. The van der Waals surface area contributed by atoms with E-state index in [0.717, 1.165) is 0 Å². The van der Waals surface area contributed by atoms with Crippen molar-refractivity contribution in [3.8, 4) is 11.6 Å². The summed E-state index contributed by atoms with van der Waals surface area (Å²) in [5.41, 5.74) is 6.53. The van der Waals surface area contributed by atoms with Crippen LogP contribution in [0.1, 0.15) is 25.3 Å². The molecule has 8 heteroatoms. The predicted octanol–water partition coefficient (Wildman–Crippen LogP) is 1.67. The van der Waals surface area contributed by atoms with E-state index in [4.69, 9.17) is 10.5 Å². The molecule has 0 spiro atoms. The molecule has 0 saturated carbocycles. The number of aromatic hydroxyl groups is 1. The van der Waals surface area contributed by atoms with Gasteiger partial charge in [-0.05, 0) is 26.0 Å². The van der Waals surface area contributed by atoms with E-state index in [9.17, 15) is 14.7 Å². The van der Waals surface area contributed by atoms with E-state index in [2.05, 4.69) is 10.1 Å². The standard InChI is InChI=1S/C17H18N4O4/c1-3-25-17(24)9(2)11-13-12(16(23)19-15(11)22)14(18)21(20-13)10-7-5-4-6-8-10/h4-9,22H,3,18H2,1-2H3,(H,19,23). The van der Waals surface area contributed by atoms with Crippen LogP contribution in [0.15, 0.2) is 35.1 Å². The number of rotatable bonds is 4. The van der Waals surface area contributed by atoms with Gasteiger partial charge in [0.25, 0.3) is 5.56 Å². The van der Waals surface area contributed by atoms with Crippen molar-refractivity contribution in [2.75, 3.05) is 12.3 Å². The van der Waals surface area contributed by atoms with Gasteiger partial charge in [0.05, 0.1) is 23.8 Å². The number of hydrogen-bond acceptors (Lipinski definition) is 6. The maximum absolute atomic E-state index is 12.3. The number of fused-ring (bicyclic) bond motifs is 1. The van der Waals surface area contributed by atoms with Crippen molar-refractivity contribution < 1.29 is 14.6 Å². The number of carbonyl (C=O) groups is 1. The molecular weight excluding hydrogens is 324 g/mol. The Kier molecular flexibility index (Phi) is 4.18. The predicted molar refractivity (Wildman–Crippen MR) is 92.8 cm³/mol. The van der Waals surface area contributed by atoms with Gasteiger partial charge in [-0.15, -0.1) is 0 Å². The topological polar surface area (TPSA) is 123 Å². The van der Waals surface area contributed by atoms with Crippen molar-refractivity contribution in [1.29, 1.82) is 0 Å². The van der Waals surface area contributed by atoms with Gasteiger partial charge in [-0.3, -0.25) is 14.6 Å². The number of pyridine rings is 1. The van der Waals surface area contributed by atoms with E-state index in [1.54, 1.807) is 26.0 Å². The maximum atomic E-state index is 12.3. The monoisotopic (exact) mass is 342 g/mol. The molecule has 130 valence electrons. The van der Waals surface area contributed by atoms with Crippen LogP contribution in [-0.2, 0) is 9.53 Å². The first-order valence-corrected chi connectivity index (χ1v) is 7.81. The summed E-state index contributed by atoms with van der Waals surface area (Å²) >= 11 is 0. The SMILES string of the molecule is CCOC(=O)C(C)c1c(O)[nH]c(=O)c2c(N)n(-c3ccccc3)nc12. The zero-order chi connectivity index (χ0) is 18.1. The van der Waals surface area contributed by atoms with Crippen molar-refractivity contribution in [1.82, 2.24) is 14.8 Å². The van der Waals surface area contributed by atoms with Gasteiger partial charge in [-0.25, -0.2) is 4.68 Å². The Bertz CT molecular complexity index is 991. The Morgan fingerprint density at radius 1 is 1.40 bits per heavy atom. The van der Waals surface area contributed by atoms with Gasteiger partial charge in [0, 0.05) is 0 Å². The lowest BCUT2D eigenvalue weighted by molar-refractivity contribution is -0.144. The van der Waals surface area contributed by atoms with Crippen LogP contribution in [0.2, 0.25) is 0 Å². The Labute approximate surface area is 142 Å². The minimum atomic E-state index is -0.821. The number of aromatic amines is 1. The van der Waals surface area contributed by atoms with Crippen molar-refractivity contribution in [3.63, 3.8) is 0 Å². The second-order valence-corrected chi connectivity index (χ2v) is 5.55. The van der Waals surface area contributed by atoms with Crippen LogP contribution >= 0.6 is 0 Å². The van der Waals surface area contributed by atoms with Crippen LogP contribution in [0.4, 0.5) is 5.82 Å². The zero-order valence-corrected chi connectivity index (χ0v) is 13.8. The average Bonchev–Trinajstić information content (AvgIpc) is 2.93. The van der Waals surface area contributed by atoms with Crippen molar-refractivity contribution in [3.05, 3.63) is 46.2 Å². The maximum Gasteiger partial charge on any atom is 0.313 e. The number of anilines is 1. The van der Waals surface area contributed by atoms with E-state index in [0.29, 0.717) is 5.69 Å². The molecule has 0 amide bonds. The minimum Gasteiger partial charge on any atom is -0.494 e. The van der Waals surface area contributed by atoms with Crippen LogP contribution in [0, 0.1) is 0 Å². The summed E-state index contributed by atoms with van der Waals surface area (Å²) in [5, 5.41) is 14.7. The fourth-order valence-corrected chi connectivity index (χ4v) is 2.75. The van der Waals surface area contributed by atoms with Crippen LogP contribution in [-0.4, -0.2) is 32.4 Å². The fraction of sp³-hybridized carbons (Fsp3) is 0.235. The highest BCUT2D eigenvalue weighted by atomic mass is 16.5. The van der Waals surface area contributed by atoms with E-state index >= 15 is 0 Å². The van der Waals surface area contributed by atoms with E-state index in [1.165, 1.54) is 4.68 Å².